The summed E-state index contributed by atoms with van der Waals surface area (Å²) in [5.74, 6) is 0. The van der Waals surface area contributed by atoms with Gasteiger partial charge in [0.1, 0.15) is 0 Å². The van der Waals surface area contributed by atoms with Gasteiger partial charge in [-0.15, -0.1) is 0 Å². The van der Waals surface area contributed by atoms with E-state index >= 15 is 0 Å². The van der Waals surface area contributed by atoms with Crippen LogP contribution in [0, 0.1) is 0 Å². The zero-order chi connectivity index (χ0) is 15.0. The number of ether oxygens (including phenoxy) is 1. The third kappa shape index (κ3) is 5.92. The van der Waals surface area contributed by atoms with Gasteiger partial charge in [-0.1, -0.05) is 26.0 Å². The van der Waals surface area contributed by atoms with Gasteiger partial charge in [0.2, 0.25) is 0 Å². The summed E-state index contributed by atoms with van der Waals surface area (Å²) in [5, 5.41) is 3.29. The average molecular weight is 289 g/mol. The number of likely N-dealkylation sites (N-methyl/N-ethyl adjacent to an activating group) is 1. The van der Waals surface area contributed by atoms with Gasteiger partial charge in [0.25, 0.3) is 0 Å². The highest BCUT2D eigenvalue weighted by Crippen LogP contribution is 2.29. The van der Waals surface area contributed by atoms with Gasteiger partial charge >= 0.3 is 6.18 Å². The Hall–Kier alpha value is -1.07. The van der Waals surface area contributed by atoms with E-state index in [-0.39, 0.29) is 6.04 Å². The molecule has 0 radical (unpaired) electrons. The van der Waals surface area contributed by atoms with Gasteiger partial charge in [0.15, 0.2) is 0 Å². The molecular weight excluding hydrogens is 267 g/mol. The second kappa shape index (κ2) is 8.27. The Bertz CT molecular complexity index is 376. The number of hydrogen-bond donors (Lipinski definition) is 1. The highest BCUT2D eigenvalue weighted by molar-refractivity contribution is 5.25. The van der Waals surface area contributed by atoms with Crippen LogP contribution in [0.2, 0.25) is 0 Å². The summed E-state index contributed by atoms with van der Waals surface area (Å²) < 4.78 is 42.9. The Morgan fingerprint density at radius 2 is 1.80 bits per heavy atom. The molecular formula is C15H22F3NO. The number of alkyl halides is 3. The molecule has 0 saturated carbocycles. The second-order valence-electron chi connectivity index (χ2n) is 4.73. The Morgan fingerprint density at radius 3 is 2.30 bits per heavy atom. The summed E-state index contributed by atoms with van der Waals surface area (Å²) in [6.45, 7) is 6.12. The van der Waals surface area contributed by atoms with Crippen molar-refractivity contribution in [3.8, 4) is 0 Å². The predicted molar refractivity (Wildman–Crippen MR) is 73.7 cm³/mol. The fraction of sp³-hybridized carbons (Fsp3) is 0.600. The summed E-state index contributed by atoms with van der Waals surface area (Å²) >= 11 is 0. The van der Waals surface area contributed by atoms with Crippen molar-refractivity contribution < 1.29 is 17.9 Å². The minimum absolute atomic E-state index is 0.128. The number of halogens is 3. The quantitative estimate of drug-likeness (QED) is 0.738. The molecule has 1 aromatic carbocycles. The van der Waals surface area contributed by atoms with Crippen LogP contribution in [0.1, 0.15) is 31.4 Å². The number of nitrogens with one attached hydrogen (secondary N) is 1. The van der Waals surface area contributed by atoms with Gasteiger partial charge < -0.3 is 10.1 Å². The largest absolute Gasteiger partial charge is 0.416 e. The first-order valence-electron chi connectivity index (χ1n) is 6.94. The molecule has 0 aliphatic heterocycles. The Balaban J connectivity index is 2.59. The van der Waals surface area contributed by atoms with Gasteiger partial charge in [-0.2, -0.15) is 13.2 Å². The lowest BCUT2D eigenvalue weighted by molar-refractivity contribution is -0.137. The molecule has 0 fully saturated rings. The van der Waals surface area contributed by atoms with Crippen LogP contribution >= 0.6 is 0 Å². The van der Waals surface area contributed by atoms with Gasteiger partial charge in [-0.3, -0.25) is 0 Å². The number of rotatable bonds is 8. The Kier molecular flexibility index (Phi) is 7.02. The molecule has 0 aliphatic carbocycles. The highest BCUT2D eigenvalue weighted by atomic mass is 19.4. The van der Waals surface area contributed by atoms with Crippen molar-refractivity contribution in [2.24, 2.45) is 0 Å². The van der Waals surface area contributed by atoms with E-state index < -0.39 is 11.7 Å². The minimum atomic E-state index is -4.27. The molecule has 0 aliphatic rings. The van der Waals surface area contributed by atoms with Gasteiger partial charge in [-0.25, -0.2) is 0 Å². The van der Waals surface area contributed by atoms with Gasteiger partial charge in [-0.05, 0) is 37.1 Å². The maximum absolute atomic E-state index is 12.5. The predicted octanol–water partition coefficient (Wildman–Crippen LogP) is 3.65. The molecule has 0 spiro atoms. The van der Waals surface area contributed by atoms with E-state index in [0.717, 1.165) is 30.7 Å². The highest BCUT2D eigenvalue weighted by Gasteiger charge is 2.29. The molecule has 5 heteroatoms. The number of hydrogen-bond acceptors (Lipinski definition) is 2. The summed E-state index contributed by atoms with van der Waals surface area (Å²) in [6, 6.07) is 5.46. The molecule has 114 valence electrons. The van der Waals surface area contributed by atoms with Crippen LogP contribution < -0.4 is 5.32 Å². The maximum Gasteiger partial charge on any atom is 0.416 e. The lowest BCUT2D eigenvalue weighted by Crippen LogP contribution is -2.35. The normalized spacial score (nSPS) is 13.4. The van der Waals surface area contributed by atoms with Crippen LogP contribution in [-0.4, -0.2) is 25.8 Å². The molecule has 0 heterocycles. The van der Waals surface area contributed by atoms with Crippen molar-refractivity contribution in [1.29, 1.82) is 0 Å². The lowest BCUT2D eigenvalue weighted by atomic mass is 10.0. The van der Waals surface area contributed by atoms with Crippen molar-refractivity contribution in [3.05, 3.63) is 35.4 Å². The first-order chi connectivity index (χ1) is 9.47. The van der Waals surface area contributed by atoms with E-state index in [2.05, 4.69) is 5.32 Å². The zero-order valence-electron chi connectivity index (χ0n) is 12.0. The first-order valence-corrected chi connectivity index (χ1v) is 6.94. The molecule has 1 atom stereocenters. The molecule has 0 saturated heterocycles. The average Bonchev–Trinajstić information content (AvgIpc) is 2.39. The summed E-state index contributed by atoms with van der Waals surface area (Å²) in [5.41, 5.74) is 0.271. The third-order valence-corrected chi connectivity index (χ3v) is 2.92. The zero-order valence-corrected chi connectivity index (χ0v) is 12.0. The third-order valence-electron chi connectivity index (χ3n) is 2.92. The van der Waals surface area contributed by atoms with Crippen LogP contribution in [0.25, 0.3) is 0 Å². The molecule has 2 nitrogen and oxygen atoms in total. The minimum Gasteiger partial charge on any atom is -0.380 e. The van der Waals surface area contributed by atoms with E-state index in [0.29, 0.717) is 19.6 Å². The van der Waals surface area contributed by atoms with Crippen LogP contribution in [-0.2, 0) is 17.3 Å². The van der Waals surface area contributed by atoms with E-state index in [4.69, 9.17) is 4.74 Å². The molecule has 1 N–H and O–H groups in total. The van der Waals surface area contributed by atoms with E-state index in [1.807, 2.05) is 13.8 Å². The van der Waals surface area contributed by atoms with Crippen molar-refractivity contribution in [3.63, 3.8) is 0 Å². The van der Waals surface area contributed by atoms with E-state index in [1.165, 1.54) is 12.1 Å². The second-order valence-corrected chi connectivity index (χ2v) is 4.73. The van der Waals surface area contributed by atoms with Crippen LogP contribution in [0.5, 0.6) is 0 Å². The van der Waals surface area contributed by atoms with Gasteiger partial charge in [0, 0.05) is 12.6 Å². The molecule has 1 unspecified atom stereocenters. The fourth-order valence-electron chi connectivity index (χ4n) is 1.96. The maximum atomic E-state index is 12.5. The topological polar surface area (TPSA) is 21.3 Å². The van der Waals surface area contributed by atoms with Crippen molar-refractivity contribution >= 4 is 0 Å². The monoisotopic (exact) mass is 289 g/mol. The van der Waals surface area contributed by atoms with Crippen molar-refractivity contribution in [1.82, 2.24) is 5.32 Å². The van der Waals surface area contributed by atoms with E-state index in [1.54, 1.807) is 0 Å². The Labute approximate surface area is 118 Å². The van der Waals surface area contributed by atoms with Crippen LogP contribution in [0.3, 0.4) is 0 Å². The van der Waals surface area contributed by atoms with Crippen LogP contribution in [0.15, 0.2) is 24.3 Å². The molecule has 0 aromatic heterocycles. The molecule has 0 amide bonds. The van der Waals surface area contributed by atoms with Crippen LogP contribution in [0.4, 0.5) is 13.2 Å². The fourth-order valence-corrected chi connectivity index (χ4v) is 1.96. The molecule has 0 bridgehead atoms. The van der Waals surface area contributed by atoms with Crippen molar-refractivity contribution in [2.45, 2.75) is 38.9 Å². The molecule has 1 rings (SSSR count). The van der Waals surface area contributed by atoms with E-state index in [9.17, 15) is 13.2 Å². The standard InChI is InChI=1S/C15H22F3NO/c1-3-9-20-11-14(19-4-2)10-12-5-7-13(8-6-12)15(16,17)18/h5-8,14,19H,3-4,9-11H2,1-2H3. The van der Waals surface area contributed by atoms with Gasteiger partial charge in [0.05, 0.1) is 12.2 Å². The smallest absolute Gasteiger partial charge is 0.380 e. The van der Waals surface area contributed by atoms with Crippen molar-refractivity contribution in [2.75, 3.05) is 19.8 Å². The lowest BCUT2D eigenvalue weighted by Gasteiger charge is -2.18. The first kappa shape index (κ1) is 17.0. The molecule has 1 aromatic rings. The summed E-state index contributed by atoms with van der Waals surface area (Å²) in [4.78, 5) is 0. The SMILES string of the molecule is CCCOCC(Cc1ccc(C(F)(F)F)cc1)NCC. The number of benzene rings is 1. The Morgan fingerprint density at radius 1 is 1.15 bits per heavy atom. The molecule has 20 heavy (non-hydrogen) atoms. The summed E-state index contributed by atoms with van der Waals surface area (Å²) in [6.07, 6.45) is -2.65. The summed E-state index contributed by atoms with van der Waals surface area (Å²) in [7, 11) is 0.